The van der Waals surface area contributed by atoms with E-state index in [9.17, 15) is 12.8 Å². The fourth-order valence-electron chi connectivity index (χ4n) is 5.41. The third-order valence-corrected chi connectivity index (χ3v) is 9.79. The van der Waals surface area contributed by atoms with Crippen molar-refractivity contribution in [2.45, 2.75) is 36.6 Å². The van der Waals surface area contributed by atoms with E-state index in [1.54, 1.807) is 42.7 Å². The molecule has 0 saturated heterocycles. The summed E-state index contributed by atoms with van der Waals surface area (Å²) in [6.45, 7) is 2.37. The molecule has 2 unspecified atom stereocenters. The second kappa shape index (κ2) is 13.4. The quantitative estimate of drug-likeness (QED) is 0.151. The summed E-state index contributed by atoms with van der Waals surface area (Å²) >= 11 is 6.54. The average Bonchev–Trinajstić information content (AvgIpc) is 3.56. The van der Waals surface area contributed by atoms with Crippen LogP contribution >= 0.6 is 11.6 Å². The van der Waals surface area contributed by atoms with Crippen LogP contribution in [0.25, 0.3) is 10.9 Å². The van der Waals surface area contributed by atoms with Gasteiger partial charge in [0.15, 0.2) is 20.5 Å². The van der Waals surface area contributed by atoms with Gasteiger partial charge >= 0.3 is 0 Å². The first kappa shape index (κ1) is 31.4. The molecule has 0 fully saturated rings. The van der Waals surface area contributed by atoms with Gasteiger partial charge in [0.05, 0.1) is 22.6 Å². The molecular weight excluding hydrogens is 629 g/mol. The van der Waals surface area contributed by atoms with E-state index in [0.29, 0.717) is 34.3 Å². The van der Waals surface area contributed by atoms with Crippen molar-refractivity contribution in [1.29, 1.82) is 0 Å². The highest BCUT2D eigenvalue weighted by Gasteiger charge is 2.41. The highest BCUT2D eigenvalue weighted by atomic mass is 35.5. The maximum atomic E-state index is 13.5. The van der Waals surface area contributed by atoms with Crippen LogP contribution in [0.1, 0.15) is 24.5 Å². The Morgan fingerprint density at radius 2 is 1.93 bits per heavy atom. The summed E-state index contributed by atoms with van der Waals surface area (Å²) in [4.78, 5) is 12.9. The summed E-state index contributed by atoms with van der Waals surface area (Å²) in [6, 6.07) is 22.0. The minimum atomic E-state index is -3.54. The number of ether oxygens (including phenoxy) is 2. The van der Waals surface area contributed by atoms with Crippen molar-refractivity contribution < 1.29 is 22.3 Å². The van der Waals surface area contributed by atoms with E-state index in [1.165, 1.54) is 30.7 Å². The Morgan fingerprint density at radius 3 is 2.70 bits per heavy atom. The summed E-state index contributed by atoms with van der Waals surface area (Å²) < 4.78 is 51.1. The first-order valence-electron chi connectivity index (χ1n) is 14.6. The maximum Gasteiger partial charge on any atom is 0.196 e. The Kier molecular flexibility index (Phi) is 9.16. The molecule has 5 aromatic rings. The minimum absolute atomic E-state index is 0.0554. The molecule has 3 aromatic carbocycles. The lowest BCUT2D eigenvalue weighted by molar-refractivity contribution is 0.00892. The smallest absolute Gasteiger partial charge is 0.196 e. The molecule has 236 valence electrons. The van der Waals surface area contributed by atoms with E-state index in [1.807, 2.05) is 37.3 Å². The number of rotatable bonds is 12. The standard InChI is InChI=1S/C34H31ClFN5O4S/c1-23(37-15-17-46(42,43)32-8-2-3-14-38-32)34(13-5-16-45-34)25-9-11-30-28(19-25)33(40-22-39-30)41-27-10-12-31(29(35)20-27)44-21-24-6-4-7-26(36)18-24/h2-12,14,16,18-20,22-23,37H,13,15,17,21H2,1H3,(H,39,40,41). The van der Waals surface area contributed by atoms with Gasteiger partial charge in [-0.1, -0.05) is 35.9 Å². The molecule has 2 atom stereocenters. The first-order chi connectivity index (χ1) is 22.2. The zero-order chi connectivity index (χ0) is 32.1. The summed E-state index contributed by atoms with van der Waals surface area (Å²) in [6.07, 6.45) is 7.17. The van der Waals surface area contributed by atoms with Crippen molar-refractivity contribution in [1.82, 2.24) is 20.3 Å². The molecule has 1 aliphatic rings. The predicted molar refractivity (Wildman–Crippen MR) is 175 cm³/mol. The Hall–Kier alpha value is -4.58. The molecule has 0 spiro atoms. The summed E-state index contributed by atoms with van der Waals surface area (Å²) in [5.41, 5.74) is 2.21. The minimum Gasteiger partial charge on any atom is -0.489 e. The Bertz CT molecular complexity index is 1990. The van der Waals surface area contributed by atoms with Gasteiger partial charge in [0.25, 0.3) is 0 Å². The van der Waals surface area contributed by atoms with Crippen LogP contribution in [-0.2, 0) is 26.8 Å². The second-order valence-electron chi connectivity index (χ2n) is 10.9. The van der Waals surface area contributed by atoms with Crippen molar-refractivity contribution in [3.63, 3.8) is 0 Å². The van der Waals surface area contributed by atoms with Gasteiger partial charge in [0, 0.05) is 36.3 Å². The third-order valence-electron chi connectivity index (χ3n) is 7.87. The monoisotopic (exact) mass is 659 g/mol. The molecule has 46 heavy (non-hydrogen) atoms. The average molecular weight is 660 g/mol. The van der Waals surface area contributed by atoms with Gasteiger partial charge in [-0.05, 0) is 78.7 Å². The molecule has 1 aliphatic heterocycles. The van der Waals surface area contributed by atoms with Gasteiger partial charge in [-0.25, -0.2) is 27.8 Å². The Balaban J connectivity index is 1.19. The van der Waals surface area contributed by atoms with E-state index in [-0.39, 0.29) is 35.8 Å². The van der Waals surface area contributed by atoms with Gasteiger partial charge in [0.2, 0.25) is 0 Å². The van der Waals surface area contributed by atoms with Crippen LogP contribution < -0.4 is 15.4 Å². The van der Waals surface area contributed by atoms with Crippen molar-refractivity contribution in [3.05, 3.63) is 126 Å². The normalized spacial score (nSPS) is 16.7. The van der Waals surface area contributed by atoms with E-state index in [0.717, 1.165) is 16.5 Å². The number of aromatic nitrogens is 3. The number of sulfone groups is 1. The number of benzene rings is 3. The van der Waals surface area contributed by atoms with E-state index >= 15 is 0 Å². The molecule has 0 saturated carbocycles. The number of nitrogens with one attached hydrogen (secondary N) is 2. The second-order valence-corrected chi connectivity index (χ2v) is 13.4. The van der Waals surface area contributed by atoms with Crippen LogP contribution in [-0.4, -0.2) is 41.7 Å². The van der Waals surface area contributed by atoms with Crippen LogP contribution in [0, 0.1) is 5.82 Å². The fraction of sp³-hybridized carbons (Fsp3) is 0.206. The molecule has 2 aromatic heterocycles. The van der Waals surface area contributed by atoms with Crippen molar-refractivity contribution >= 4 is 43.8 Å². The summed E-state index contributed by atoms with van der Waals surface area (Å²) in [5.74, 6) is 0.605. The highest BCUT2D eigenvalue weighted by molar-refractivity contribution is 7.91. The number of pyridine rings is 1. The van der Waals surface area contributed by atoms with Crippen LogP contribution in [0.15, 0.2) is 109 Å². The molecule has 0 bridgehead atoms. The number of hydrogen-bond donors (Lipinski definition) is 2. The number of anilines is 2. The maximum absolute atomic E-state index is 13.5. The Labute approximate surface area is 271 Å². The van der Waals surface area contributed by atoms with Gasteiger partial charge in [-0.2, -0.15) is 0 Å². The zero-order valence-electron chi connectivity index (χ0n) is 24.9. The summed E-state index contributed by atoms with van der Waals surface area (Å²) in [7, 11) is -3.54. The molecule has 0 aliphatic carbocycles. The van der Waals surface area contributed by atoms with Crippen LogP contribution in [0.3, 0.4) is 0 Å². The van der Waals surface area contributed by atoms with Gasteiger partial charge in [-0.3, -0.25) is 0 Å². The van der Waals surface area contributed by atoms with Crippen molar-refractivity contribution in [3.8, 4) is 5.75 Å². The molecule has 3 heterocycles. The zero-order valence-corrected chi connectivity index (χ0v) is 26.4. The van der Waals surface area contributed by atoms with Crippen LogP contribution in [0.5, 0.6) is 5.75 Å². The number of halogens is 2. The molecule has 12 heteroatoms. The van der Waals surface area contributed by atoms with E-state index in [2.05, 4.69) is 25.6 Å². The summed E-state index contributed by atoms with van der Waals surface area (Å²) in [5, 5.41) is 7.91. The topological polar surface area (TPSA) is 115 Å². The molecule has 0 amide bonds. The lowest BCUT2D eigenvalue weighted by Crippen LogP contribution is -2.47. The molecule has 2 N–H and O–H groups in total. The lowest BCUT2D eigenvalue weighted by atomic mass is 9.84. The Morgan fingerprint density at radius 1 is 1.04 bits per heavy atom. The van der Waals surface area contributed by atoms with Crippen LogP contribution in [0.4, 0.5) is 15.9 Å². The number of nitrogens with zero attached hydrogens (tertiary/aromatic N) is 3. The predicted octanol–water partition coefficient (Wildman–Crippen LogP) is 6.72. The molecule has 6 rings (SSSR count). The number of hydrogen-bond acceptors (Lipinski definition) is 9. The van der Waals surface area contributed by atoms with Gasteiger partial charge in [0.1, 0.15) is 30.3 Å². The highest BCUT2D eigenvalue weighted by Crippen LogP contribution is 2.40. The lowest BCUT2D eigenvalue weighted by Gasteiger charge is -2.36. The van der Waals surface area contributed by atoms with Gasteiger partial charge < -0.3 is 20.1 Å². The molecule has 0 radical (unpaired) electrons. The third kappa shape index (κ3) is 6.81. The van der Waals surface area contributed by atoms with E-state index < -0.39 is 15.4 Å². The molecule has 9 nitrogen and oxygen atoms in total. The first-order valence-corrected chi connectivity index (χ1v) is 16.7. The van der Waals surface area contributed by atoms with Crippen molar-refractivity contribution in [2.75, 3.05) is 17.6 Å². The van der Waals surface area contributed by atoms with Gasteiger partial charge in [-0.15, -0.1) is 0 Å². The van der Waals surface area contributed by atoms with Crippen LogP contribution in [0.2, 0.25) is 5.02 Å². The van der Waals surface area contributed by atoms with Crippen molar-refractivity contribution in [2.24, 2.45) is 0 Å². The largest absolute Gasteiger partial charge is 0.489 e. The fourth-order valence-corrected chi connectivity index (χ4v) is 6.74. The number of fused-ring (bicyclic) bond motifs is 1. The SMILES string of the molecule is CC(NCCS(=O)(=O)c1ccccn1)C1(c2ccc3ncnc(Nc4ccc(OCc5cccc(F)c5)c(Cl)c4)c3c2)CC=CO1. The van der Waals surface area contributed by atoms with E-state index in [4.69, 9.17) is 21.1 Å². The molecular formula is C34H31ClFN5O4S.